The second-order valence-electron chi connectivity index (χ2n) is 9.73. The van der Waals surface area contributed by atoms with Gasteiger partial charge in [-0.1, -0.05) is 43.2 Å². The number of carbonyl (C=O) groups excluding carboxylic acids is 2. The number of anilines is 2. The number of amides is 1. The average Bonchev–Trinajstić information content (AvgIpc) is 3.67. The Kier molecular flexibility index (Phi) is 7.51. The minimum Gasteiger partial charge on any atom is -0.464 e. The summed E-state index contributed by atoms with van der Waals surface area (Å²) < 4.78 is 12.5. The van der Waals surface area contributed by atoms with Crippen LogP contribution < -0.4 is 10.6 Å². The first-order chi connectivity index (χ1) is 17.6. The third-order valence-corrected chi connectivity index (χ3v) is 7.24. The summed E-state index contributed by atoms with van der Waals surface area (Å²) in [7, 11) is 1.37. The van der Waals surface area contributed by atoms with Gasteiger partial charge in [-0.05, 0) is 43.7 Å². The van der Waals surface area contributed by atoms with Gasteiger partial charge >= 0.3 is 5.97 Å². The molecule has 0 bridgehead atoms. The molecule has 5 rings (SSSR count). The number of fused-ring (bicyclic) bond motifs is 1. The summed E-state index contributed by atoms with van der Waals surface area (Å²) in [6.07, 6.45) is 8.89. The number of aryl methyl sites for hydroxylation is 2. The van der Waals surface area contributed by atoms with Gasteiger partial charge in [0.25, 0.3) is 0 Å². The molecule has 2 N–H and O–H groups in total. The van der Waals surface area contributed by atoms with Crippen LogP contribution in [0.3, 0.4) is 0 Å². The van der Waals surface area contributed by atoms with Crippen LogP contribution in [0.1, 0.15) is 54.6 Å². The molecule has 36 heavy (non-hydrogen) atoms. The van der Waals surface area contributed by atoms with E-state index in [1.54, 1.807) is 0 Å². The van der Waals surface area contributed by atoms with Crippen LogP contribution in [0.5, 0.6) is 0 Å². The van der Waals surface area contributed by atoms with Crippen LogP contribution in [0.15, 0.2) is 42.6 Å². The molecular formula is C28H34N4O4. The van der Waals surface area contributed by atoms with Crippen LogP contribution in [0, 0.1) is 5.92 Å². The van der Waals surface area contributed by atoms with Crippen molar-refractivity contribution < 1.29 is 19.1 Å². The minimum absolute atomic E-state index is 0.143. The smallest absolute Gasteiger partial charge is 0.356 e. The fourth-order valence-electron chi connectivity index (χ4n) is 5.32. The number of nitrogens with one attached hydrogen (secondary N) is 2. The van der Waals surface area contributed by atoms with E-state index in [0.717, 1.165) is 36.8 Å². The van der Waals surface area contributed by atoms with E-state index in [1.165, 1.54) is 25.5 Å². The van der Waals surface area contributed by atoms with Crippen molar-refractivity contribution in [2.24, 2.45) is 5.92 Å². The normalized spacial score (nSPS) is 18.0. The van der Waals surface area contributed by atoms with Crippen molar-refractivity contribution in [1.82, 2.24) is 9.55 Å². The van der Waals surface area contributed by atoms with Gasteiger partial charge in [-0.15, -0.1) is 0 Å². The number of aromatic nitrogens is 2. The molecular weight excluding hydrogens is 456 g/mol. The van der Waals surface area contributed by atoms with E-state index >= 15 is 0 Å². The predicted molar refractivity (Wildman–Crippen MR) is 139 cm³/mol. The molecule has 0 spiro atoms. The standard InChI is InChI=1S/C28H34N4O4/c1-35-28(34)25-24(31-27(33)20-13-15-36-18-20)23-16-22(30-21-11-5-6-12-21)17-29-26(23)32(25)14-7-10-19-8-3-2-4-9-19/h2-4,8-9,16-17,20-21,30H,5-7,10-15,18H2,1H3,(H,31,33). The number of pyridine rings is 1. The lowest BCUT2D eigenvalue weighted by Crippen LogP contribution is -2.24. The molecule has 1 atom stereocenters. The van der Waals surface area contributed by atoms with Crippen LogP contribution in [0.4, 0.5) is 11.4 Å². The quantitative estimate of drug-likeness (QED) is 0.419. The summed E-state index contributed by atoms with van der Waals surface area (Å²) in [5.74, 6) is -0.870. The summed E-state index contributed by atoms with van der Waals surface area (Å²) in [6.45, 7) is 1.53. The number of benzene rings is 1. The summed E-state index contributed by atoms with van der Waals surface area (Å²) >= 11 is 0. The van der Waals surface area contributed by atoms with Crippen molar-refractivity contribution in [3.05, 3.63) is 53.9 Å². The average molecular weight is 491 g/mol. The largest absolute Gasteiger partial charge is 0.464 e. The molecule has 2 fully saturated rings. The lowest BCUT2D eigenvalue weighted by atomic mass is 10.1. The summed E-state index contributed by atoms with van der Waals surface area (Å²) in [5, 5.41) is 7.38. The molecule has 1 amide bonds. The molecule has 0 radical (unpaired) electrons. The first-order valence-corrected chi connectivity index (χ1v) is 12.9. The van der Waals surface area contributed by atoms with Crippen molar-refractivity contribution in [2.45, 2.75) is 57.5 Å². The number of ether oxygens (including phenoxy) is 2. The highest BCUT2D eigenvalue weighted by Gasteiger charge is 2.30. The highest BCUT2D eigenvalue weighted by atomic mass is 16.5. The zero-order chi connectivity index (χ0) is 24.9. The Bertz CT molecular complexity index is 1210. The van der Waals surface area contributed by atoms with Gasteiger partial charge in [0.2, 0.25) is 5.91 Å². The van der Waals surface area contributed by atoms with Crippen LogP contribution in [0.2, 0.25) is 0 Å². The molecule has 1 aromatic carbocycles. The third-order valence-electron chi connectivity index (χ3n) is 7.24. The summed E-state index contributed by atoms with van der Waals surface area (Å²) in [5.41, 5.74) is 3.60. The topological polar surface area (TPSA) is 94.5 Å². The molecule has 3 aromatic rings. The maximum absolute atomic E-state index is 13.1. The van der Waals surface area contributed by atoms with Crippen molar-refractivity contribution in [1.29, 1.82) is 0 Å². The lowest BCUT2D eigenvalue weighted by molar-refractivity contribution is -0.119. The van der Waals surface area contributed by atoms with E-state index in [0.29, 0.717) is 49.2 Å². The first-order valence-electron chi connectivity index (χ1n) is 12.9. The molecule has 2 aliphatic rings. The number of hydrogen-bond donors (Lipinski definition) is 2. The summed E-state index contributed by atoms with van der Waals surface area (Å²) in [6, 6.07) is 12.7. The maximum atomic E-state index is 13.1. The van der Waals surface area contributed by atoms with Crippen molar-refractivity contribution in [2.75, 3.05) is 31.0 Å². The molecule has 1 aliphatic carbocycles. The first kappa shape index (κ1) is 24.3. The number of nitrogens with zero attached hydrogens (tertiary/aromatic N) is 2. The Morgan fingerprint density at radius 2 is 1.97 bits per heavy atom. The van der Waals surface area contributed by atoms with Gasteiger partial charge in [-0.2, -0.15) is 0 Å². The summed E-state index contributed by atoms with van der Waals surface area (Å²) in [4.78, 5) is 30.9. The van der Waals surface area contributed by atoms with Crippen molar-refractivity contribution >= 4 is 34.3 Å². The molecule has 8 heteroatoms. The Morgan fingerprint density at radius 1 is 1.17 bits per heavy atom. The molecule has 8 nitrogen and oxygen atoms in total. The highest BCUT2D eigenvalue weighted by Crippen LogP contribution is 2.34. The van der Waals surface area contributed by atoms with E-state index in [2.05, 4.69) is 22.8 Å². The van der Waals surface area contributed by atoms with Crippen molar-refractivity contribution in [3.8, 4) is 0 Å². The Labute approximate surface area is 211 Å². The third kappa shape index (κ3) is 5.23. The van der Waals surface area contributed by atoms with Gasteiger partial charge in [0.05, 0.1) is 37.2 Å². The fraction of sp³-hybridized carbons (Fsp3) is 0.464. The Hall–Kier alpha value is -3.39. The molecule has 190 valence electrons. The number of methoxy groups -OCH3 is 1. The Balaban J connectivity index is 1.51. The van der Waals surface area contributed by atoms with Crippen LogP contribution >= 0.6 is 0 Å². The lowest BCUT2D eigenvalue weighted by Gasteiger charge is -2.13. The molecule has 1 aliphatic heterocycles. The van der Waals surface area contributed by atoms with Crippen molar-refractivity contribution in [3.63, 3.8) is 0 Å². The van der Waals surface area contributed by atoms with Gasteiger partial charge in [-0.25, -0.2) is 9.78 Å². The van der Waals surface area contributed by atoms with Gasteiger partial charge in [0.1, 0.15) is 5.65 Å². The van der Waals surface area contributed by atoms with Crippen LogP contribution in [-0.4, -0.2) is 47.8 Å². The molecule has 1 saturated heterocycles. The molecule has 1 unspecified atom stereocenters. The predicted octanol–water partition coefficient (Wildman–Crippen LogP) is 4.79. The number of carbonyl (C=O) groups is 2. The zero-order valence-electron chi connectivity index (χ0n) is 20.8. The second kappa shape index (κ2) is 11.1. The van der Waals surface area contributed by atoms with Gasteiger partial charge in [0.15, 0.2) is 5.69 Å². The van der Waals surface area contributed by atoms with E-state index in [1.807, 2.05) is 35.0 Å². The van der Waals surface area contributed by atoms with E-state index in [4.69, 9.17) is 14.5 Å². The molecule has 2 aromatic heterocycles. The van der Waals surface area contributed by atoms with Gasteiger partial charge in [0, 0.05) is 24.6 Å². The molecule has 1 saturated carbocycles. The van der Waals surface area contributed by atoms with E-state index < -0.39 is 5.97 Å². The fourth-order valence-corrected chi connectivity index (χ4v) is 5.32. The zero-order valence-corrected chi connectivity index (χ0v) is 20.8. The van der Waals surface area contributed by atoms with Gasteiger partial charge in [-0.3, -0.25) is 4.79 Å². The second-order valence-corrected chi connectivity index (χ2v) is 9.73. The van der Waals surface area contributed by atoms with Crippen LogP contribution in [0.25, 0.3) is 11.0 Å². The SMILES string of the molecule is COC(=O)c1c(NC(=O)C2CCOC2)c2cc(NC3CCCC3)cnc2n1CCCc1ccccc1. The highest BCUT2D eigenvalue weighted by molar-refractivity contribution is 6.11. The number of esters is 1. The van der Waals surface area contributed by atoms with E-state index in [-0.39, 0.29) is 11.8 Å². The maximum Gasteiger partial charge on any atom is 0.356 e. The minimum atomic E-state index is -0.490. The number of hydrogen-bond acceptors (Lipinski definition) is 6. The van der Waals surface area contributed by atoms with E-state index in [9.17, 15) is 9.59 Å². The Morgan fingerprint density at radius 3 is 2.69 bits per heavy atom. The monoisotopic (exact) mass is 490 g/mol. The van der Waals surface area contributed by atoms with Crippen LogP contribution in [-0.2, 0) is 27.2 Å². The number of rotatable bonds is 9. The molecule has 3 heterocycles. The van der Waals surface area contributed by atoms with Gasteiger partial charge < -0.3 is 24.7 Å².